The highest BCUT2D eigenvalue weighted by atomic mass is 32.2. The summed E-state index contributed by atoms with van der Waals surface area (Å²) in [5.74, 6) is -1.09. The number of carbonyl (C=O) groups excluding carboxylic acids is 2. The molecule has 2 heterocycles. The molecule has 9 nitrogen and oxygen atoms in total. The van der Waals surface area contributed by atoms with Crippen molar-refractivity contribution < 1.29 is 22.7 Å². The molecule has 0 radical (unpaired) electrons. The summed E-state index contributed by atoms with van der Waals surface area (Å²) in [6, 6.07) is 10.7. The van der Waals surface area contributed by atoms with Crippen molar-refractivity contribution in [3.8, 4) is 11.4 Å². The Balaban J connectivity index is 1.87. The minimum absolute atomic E-state index is 0.0729. The lowest BCUT2D eigenvalue weighted by Gasteiger charge is -2.11. The molecule has 0 unspecified atom stereocenters. The normalized spacial score (nSPS) is 11.3. The van der Waals surface area contributed by atoms with Crippen molar-refractivity contribution in [3.63, 3.8) is 0 Å². The summed E-state index contributed by atoms with van der Waals surface area (Å²) < 4.78 is 30.2. The average Bonchev–Trinajstić information content (AvgIpc) is 3.17. The largest absolute Gasteiger partial charge is 0.465 e. The molecule has 156 valence electrons. The molecule has 0 atom stereocenters. The van der Waals surface area contributed by atoms with Crippen LogP contribution in [-0.2, 0) is 14.8 Å². The van der Waals surface area contributed by atoms with Gasteiger partial charge in [0.05, 0.1) is 17.7 Å². The first kappa shape index (κ1) is 21.6. The number of thiazole rings is 1. The van der Waals surface area contributed by atoms with Gasteiger partial charge in [0.15, 0.2) is 5.13 Å². The van der Waals surface area contributed by atoms with E-state index in [-0.39, 0.29) is 20.5 Å². The van der Waals surface area contributed by atoms with Crippen molar-refractivity contribution >= 4 is 38.4 Å². The van der Waals surface area contributed by atoms with Gasteiger partial charge in [0, 0.05) is 25.9 Å². The van der Waals surface area contributed by atoms with Crippen molar-refractivity contribution in [1.29, 1.82) is 0 Å². The number of rotatable bonds is 6. The van der Waals surface area contributed by atoms with E-state index in [1.807, 2.05) is 0 Å². The number of sulfonamides is 1. The second-order valence-corrected chi connectivity index (χ2v) is 9.32. The minimum atomic E-state index is -3.59. The standard InChI is InChI=1S/C19H18N4O5S2/c1-23(2)30(26,27)13-9-7-12(8-10-13)17(24)22-19-21-15(14-6-4-5-11-20-14)16(29-19)18(25)28-3/h4-11H,1-3H3,(H,21,22,24). The van der Waals surface area contributed by atoms with Crippen LogP contribution in [0.25, 0.3) is 11.4 Å². The van der Waals surface area contributed by atoms with E-state index < -0.39 is 21.9 Å². The zero-order valence-corrected chi connectivity index (χ0v) is 18.0. The highest BCUT2D eigenvalue weighted by Gasteiger charge is 2.22. The van der Waals surface area contributed by atoms with Crippen molar-refractivity contribution in [2.24, 2.45) is 0 Å². The van der Waals surface area contributed by atoms with Crippen LogP contribution in [0.2, 0.25) is 0 Å². The van der Waals surface area contributed by atoms with Crippen molar-refractivity contribution in [3.05, 3.63) is 59.1 Å². The van der Waals surface area contributed by atoms with Crippen LogP contribution in [0.15, 0.2) is 53.6 Å². The molecule has 1 amide bonds. The summed E-state index contributed by atoms with van der Waals surface area (Å²) in [6.07, 6.45) is 1.57. The molecule has 30 heavy (non-hydrogen) atoms. The summed E-state index contributed by atoms with van der Waals surface area (Å²) in [7, 11) is 0.519. The molecule has 1 aromatic carbocycles. The van der Waals surface area contributed by atoms with Crippen LogP contribution in [0.5, 0.6) is 0 Å². The van der Waals surface area contributed by atoms with Gasteiger partial charge in [-0.15, -0.1) is 0 Å². The van der Waals surface area contributed by atoms with Gasteiger partial charge in [-0.25, -0.2) is 22.5 Å². The van der Waals surface area contributed by atoms with E-state index >= 15 is 0 Å². The van der Waals surface area contributed by atoms with Gasteiger partial charge in [-0.2, -0.15) is 0 Å². The first-order valence-electron chi connectivity index (χ1n) is 8.58. The molecule has 0 saturated heterocycles. The van der Waals surface area contributed by atoms with Gasteiger partial charge in [0.2, 0.25) is 10.0 Å². The van der Waals surface area contributed by atoms with E-state index in [2.05, 4.69) is 15.3 Å². The first-order chi connectivity index (χ1) is 14.2. The molecule has 0 bridgehead atoms. The number of esters is 1. The monoisotopic (exact) mass is 446 g/mol. The Labute approximate surface area is 177 Å². The second-order valence-electron chi connectivity index (χ2n) is 6.17. The molecule has 0 aliphatic rings. The number of ether oxygens (including phenoxy) is 1. The molecule has 3 rings (SSSR count). The predicted molar refractivity (Wildman–Crippen MR) is 112 cm³/mol. The van der Waals surface area contributed by atoms with E-state index in [9.17, 15) is 18.0 Å². The van der Waals surface area contributed by atoms with Crippen molar-refractivity contribution in [2.75, 3.05) is 26.5 Å². The molecule has 0 spiro atoms. The van der Waals surface area contributed by atoms with E-state index in [1.165, 1.54) is 45.5 Å². The van der Waals surface area contributed by atoms with E-state index in [0.29, 0.717) is 11.4 Å². The second kappa shape index (κ2) is 8.69. The lowest BCUT2D eigenvalue weighted by Crippen LogP contribution is -2.22. The Morgan fingerprint density at radius 3 is 2.37 bits per heavy atom. The van der Waals surface area contributed by atoms with Crippen LogP contribution in [0.1, 0.15) is 20.0 Å². The summed E-state index contributed by atoms with van der Waals surface area (Å²) in [4.78, 5) is 33.5. The minimum Gasteiger partial charge on any atom is -0.465 e. The quantitative estimate of drug-likeness (QED) is 0.578. The summed E-state index contributed by atoms with van der Waals surface area (Å²) >= 11 is 0.961. The zero-order valence-electron chi connectivity index (χ0n) is 16.3. The van der Waals surface area contributed by atoms with E-state index in [0.717, 1.165) is 15.6 Å². The number of hydrogen-bond acceptors (Lipinski definition) is 8. The lowest BCUT2D eigenvalue weighted by molar-refractivity contribution is 0.0606. The Kier molecular flexibility index (Phi) is 6.25. The van der Waals surface area contributed by atoms with Crippen LogP contribution in [0, 0.1) is 0 Å². The fourth-order valence-electron chi connectivity index (χ4n) is 2.44. The van der Waals surface area contributed by atoms with Gasteiger partial charge in [-0.05, 0) is 36.4 Å². The Hall–Kier alpha value is -3.15. The number of anilines is 1. The lowest BCUT2D eigenvalue weighted by atomic mass is 10.2. The molecular weight excluding hydrogens is 428 g/mol. The third-order valence-electron chi connectivity index (χ3n) is 4.02. The summed E-state index contributed by atoms with van der Waals surface area (Å²) in [5, 5.41) is 2.81. The number of hydrogen-bond donors (Lipinski definition) is 1. The van der Waals surface area contributed by atoms with Crippen LogP contribution in [0.4, 0.5) is 5.13 Å². The highest BCUT2D eigenvalue weighted by molar-refractivity contribution is 7.89. The molecule has 11 heteroatoms. The van der Waals surface area contributed by atoms with Gasteiger partial charge < -0.3 is 4.74 Å². The van der Waals surface area contributed by atoms with E-state index in [1.54, 1.807) is 24.4 Å². The number of benzene rings is 1. The SMILES string of the molecule is COC(=O)c1sc(NC(=O)c2ccc(S(=O)(=O)N(C)C)cc2)nc1-c1ccccn1. The van der Waals surface area contributed by atoms with Crippen molar-refractivity contribution in [1.82, 2.24) is 14.3 Å². The van der Waals surface area contributed by atoms with Crippen molar-refractivity contribution in [2.45, 2.75) is 4.90 Å². The predicted octanol–water partition coefficient (Wildman–Crippen LogP) is 2.49. The molecule has 0 fully saturated rings. The average molecular weight is 447 g/mol. The van der Waals surface area contributed by atoms with Crippen LogP contribution < -0.4 is 5.32 Å². The van der Waals surface area contributed by atoms with Crippen LogP contribution in [0.3, 0.4) is 0 Å². The van der Waals surface area contributed by atoms with Crippen LogP contribution in [-0.4, -0.2) is 55.8 Å². The smallest absolute Gasteiger partial charge is 0.350 e. The Bertz CT molecular complexity index is 1170. The topological polar surface area (TPSA) is 119 Å². The Morgan fingerprint density at radius 1 is 1.10 bits per heavy atom. The number of pyridine rings is 1. The molecule has 2 aromatic heterocycles. The summed E-state index contributed by atoms with van der Waals surface area (Å²) in [6.45, 7) is 0. The van der Waals surface area contributed by atoms with Crippen LogP contribution >= 0.6 is 11.3 Å². The van der Waals surface area contributed by atoms with Gasteiger partial charge in [-0.1, -0.05) is 17.4 Å². The number of methoxy groups -OCH3 is 1. The molecule has 0 aliphatic carbocycles. The fraction of sp³-hybridized carbons (Fsp3) is 0.158. The molecule has 1 N–H and O–H groups in total. The zero-order chi connectivity index (χ0) is 21.9. The highest BCUT2D eigenvalue weighted by Crippen LogP contribution is 2.31. The maximum Gasteiger partial charge on any atom is 0.350 e. The number of aromatic nitrogens is 2. The summed E-state index contributed by atoms with van der Waals surface area (Å²) in [5.41, 5.74) is 1.00. The third-order valence-corrected chi connectivity index (χ3v) is 6.80. The molecular formula is C19H18N4O5S2. The third kappa shape index (κ3) is 4.37. The Morgan fingerprint density at radius 2 is 1.80 bits per heavy atom. The fourth-order valence-corrected chi connectivity index (χ4v) is 4.23. The molecule has 3 aromatic rings. The number of nitrogens with one attached hydrogen (secondary N) is 1. The maximum absolute atomic E-state index is 12.6. The van der Waals surface area contributed by atoms with Gasteiger partial charge >= 0.3 is 5.97 Å². The molecule has 0 saturated carbocycles. The van der Waals surface area contributed by atoms with E-state index in [4.69, 9.17) is 4.74 Å². The first-order valence-corrected chi connectivity index (χ1v) is 10.8. The van der Waals surface area contributed by atoms with Gasteiger partial charge in [-0.3, -0.25) is 15.1 Å². The number of amides is 1. The van der Waals surface area contributed by atoms with Gasteiger partial charge in [0.25, 0.3) is 5.91 Å². The number of carbonyl (C=O) groups is 2. The van der Waals surface area contributed by atoms with Gasteiger partial charge in [0.1, 0.15) is 10.6 Å². The maximum atomic E-state index is 12.6. The molecule has 0 aliphatic heterocycles. The number of nitrogens with zero attached hydrogens (tertiary/aromatic N) is 3.